The van der Waals surface area contributed by atoms with Crippen molar-refractivity contribution in [2.75, 3.05) is 13.1 Å². The second-order valence-electron chi connectivity index (χ2n) is 7.11. The third-order valence-corrected chi connectivity index (χ3v) is 4.18. The number of amides is 1. The molecule has 0 saturated heterocycles. The van der Waals surface area contributed by atoms with Crippen molar-refractivity contribution in [3.8, 4) is 11.4 Å². The molecule has 136 valence electrons. The number of nitrogens with zero attached hydrogens (tertiary/aromatic N) is 3. The van der Waals surface area contributed by atoms with E-state index in [1.807, 2.05) is 24.0 Å². The highest BCUT2D eigenvalue weighted by Crippen LogP contribution is 2.20. The lowest BCUT2D eigenvalue weighted by Gasteiger charge is -2.22. The van der Waals surface area contributed by atoms with Gasteiger partial charge in [0.25, 0.3) is 0 Å². The minimum atomic E-state index is 0.136. The Morgan fingerprint density at radius 2 is 1.84 bits per heavy atom. The Kier molecular flexibility index (Phi) is 6.73. The average molecular weight is 343 g/mol. The molecule has 0 atom stereocenters. The summed E-state index contributed by atoms with van der Waals surface area (Å²) in [6.45, 7) is 12.1. The van der Waals surface area contributed by atoms with Gasteiger partial charge in [0.05, 0.1) is 0 Å². The maximum Gasteiger partial charge on any atom is 0.227 e. The SMILES string of the molecule is CCN(CC(C)C)C(=O)CCc1nc(-c2ccc(C(C)C)cc2)no1. The van der Waals surface area contributed by atoms with Gasteiger partial charge >= 0.3 is 0 Å². The van der Waals surface area contributed by atoms with Gasteiger partial charge < -0.3 is 9.42 Å². The summed E-state index contributed by atoms with van der Waals surface area (Å²) in [4.78, 5) is 18.6. The molecule has 1 amide bonds. The molecule has 0 aliphatic rings. The van der Waals surface area contributed by atoms with Crippen LogP contribution < -0.4 is 0 Å². The third-order valence-electron chi connectivity index (χ3n) is 4.18. The molecule has 0 unspecified atom stereocenters. The average Bonchev–Trinajstić information content (AvgIpc) is 3.06. The van der Waals surface area contributed by atoms with Crippen molar-refractivity contribution in [3.63, 3.8) is 0 Å². The van der Waals surface area contributed by atoms with Crippen LogP contribution in [0.3, 0.4) is 0 Å². The standard InChI is InChI=1S/C20H29N3O2/c1-6-23(13-14(2)3)19(24)12-11-18-21-20(22-25-18)17-9-7-16(8-10-17)15(4)5/h7-10,14-15H,6,11-13H2,1-5H3. The summed E-state index contributed by atoms with van der Waals surface area (Å²) in [5.41, 5.74) is 2.21. The number of carbonyl (C=O) groups is 1. The molecule has 0 N–H and O–H groups in total. The fraction of sp³-hybridized carbons (Fsp3) is 0.550. The highest BCUT2D eigenvalue weighted by molar-refractivity contribution is 5.76. The van der Waals surface area contributed by atoms with E-state index < -0.39 is 0 Å². The van der Waals surface area contributed by atoms with Crippen molar-refractivity contribution >= 4 is 5.91 Å². The highest BCUT2D eigenvalue weighted by atomic mass is 16.5. The number of hydrogen-bond donors (Lipinski definition) is 0. The third kappa shape index (κ3) is 5.41. The lowest BCUT2D eigenvalue weighted by Crippen LogP contribution is -2.34. The predicted octanol–water partition coefficient (Wildman–Crippen LogP) is 4.30. The second kappa shape index (κ2) is 8.79. The van der Waals surface area contributed by atoms with E-state index in [9.17, 15) is 4.79 Å². The molecule has 0 spiro atoms. The summed E-state index contributed by atoms with van der Waals surface area (Å²) in [5, 5.41) is 4.04. The summed E-state index contributed by atoms with van der Waals surface area (Å²) >= 11 is 0. The summed E-state index contributed by atoms with van der Waals surface area (Å²) in [5.74, 6) is 2.18. The molecule has 1 aromatic carbocycles. The van der Waals surface area contributed by atoms with E-state index in [0.29, 0.717) is 36.4 Å². The Morgan fingerprint density at radius 1 is 1.16 bits per heavy atom. The van der Waals surface area contributed by atoms with E-state index >= 15 is 0 Å². The molecule has 5 heteroatoms. The lowest BCUT2D eigenvalue weighted by atomic mass is 10.0. The van der Waals surface area contributed by atoms with Crippen molar-refractivity contribution in [2.24, 2.45) is 5.92 Å². The van der Waals surface area contributed by atoms with Crippen molar-refractivity contribution in [2.45, 2.75) is 53.4 Å². The Bertz CT molecular complexity index is 675. The fourth-order valence-electron chi connectivity index (χ4n) is 2.71. The second-order valence-corrected chi connectivity index (χ2v) is 7.11. The first-order chi connectivity index (χ1) is 11.9. The zero-order valence-electron chi connectivity index (χ0n) is 16.0. The smallest absolute Gasteiger partial charge is 0.227 e. The molecule has 2 aromatic rings. The van der Waals surface area contributed by atoms with Crippen LogP contribution in [0.15, 0.2) is 28.8 Å². The summed E-state index contributed by atoms with van der Waals surface area (Å²) < 4.78 is 5.31. The Balaban J connectivity index is 1.96. The van der Waals surface area contributed by atoms with E-state index in [2.05, 4.69) is 50.0 Å². The molecule has 0 saturated carbocycles. The van der Waals surface area contributed by atoms with Crippen LogP contribution in [-0.2, 0) is 11.2 Å². The van der Waals surface area contributed by atoms with E-state index in [1.54, 1.807) is 0 Å². The number of aromatic nitrogens is 2. The van der Waals surface area contributed by atoms with Crippen LogP contribution in [0, 0.1) is 5.92 Å². The monoisotopic (exact) mass is 343 g/mol. The molecule has 0 bridgehead atoms. The van der Waals surface area contributed by atoms with Crippen molar-refractivity contribution in [1.29, 1.82) is 0 Å². The van der Waals surface area contributed by atoms with E-state index in [-0.39, 0.29) is 5.91 Å². The van der Waals surface area contributed by atoms with Gasteiger partial charge in [-0.15, -0.1) is 0 Å². The van der Waals surface area contributed by atoms with Crippen molar-refractivity contribution in [1.82, 2.24) is 15.0 Å². The molecule has 25 heavy (non-hydrogen) atoms. The van der Waals surface area contributed by atoms with Crippen LogP contribution >= 0.6 is 0 Å². The van der Waals surface area contributed by atoms with Gasteiger partial charge in [-0.05, 0) is 24.3 Å². The van der Waals surface area contributed by atoms with Crippen LogP contribution in [0.25, 0.3) is 11.4 Å². The van der Waals surface area contributed by atoms with Crippen LogP contribution in [0.4, 0.5) is 0 Å². The molecule has 0 fully saturated rings. The first-order valence-corrected chi connectivity index (χ1v) is 9.11. The number of aryl methyl sites for hydroxylation is 1. The van der Waals surface area contributed by atoms with E-state index in [1.165, 1.54) is 5.56 Å². The van der Waals surface area contributed by atoms with Gasteiger partial charge in [0.2, 0.25) is 17.6 Å². The van der Waals surface area contributed by atoms with Gasteiger partial charge in [0, 0.05) is 31.5 Å². The van der Waals surface area contributed by atoms with Gasteiger partial charge in [-0.1, -0.05) is 57.1 Å². The molecule has 0 aliphatic heterocycles. The summed E-state index contributed by atoms with van der Waals surface area (Å²) in [7, 11) is 0. The molecule has 0 radical (unpaired) electrons. The summed E-state index contributed by atoms with van der Waals surface area (Å²) in [6.07, 6.45) is 0.874. The topological polar surface area (TPSA) is 59.2 Å². The maximum atomic E-state index is 12.3. The number of benzene rings is 1. The van der Waals surface area contributed by atoms with Gasteiger partial charge in [0.15, 0.2) is 0 Å². The Labute approximate surface area is 150 Å². The minimum absolute atomic E-state index is 0.136. The van der Waals surface area contributed by atoms with E-state index in [0.717, 1.165) is 18.7 Å². The molecule has 2 rings (SSSR count). The Morgan fingerprint density at radius 3 is 2.40 bits per heavy atom. The van der Waals surface area contributed by atoms with Crippen LogP contribution in [0.2, 0.25) is 0 Å². The predicted molar refractivity (Wildman–Crippen MR) is 99.2 cm³/mol. The fourth-order valence-corrected chi connectivity index (χ4v) is 2.71. The zero-order chi connectivity index (χ0) is 18.4. The van der Waals surface area contributed by atoms with Gasteiger partial charge in [-0.3, -0.25) is 4.79 Å². The van der Waals surface area contributed by atoms with Gasteiger partial charge in [-0.2, -0.15) is 4.98 Å². The molecule has 0 aliphatic carbocycles. The largest absolute Gasteiger partial charge is 0.343 e. The molecular weight excluding hydrogens is 314 g/mol. The zero-order valence-corrected chi connectivity index (χ0v) is 16.0. The number of hydrogen-bond acceptors (Lipinski definition) is 4. The molecule has 5 nitrogen and oxygen atoms in total. The van der Waals surface area contributed by atoms with E-state index in [4.69, 9.17) is 4.52 Å². The van der Waals surface area contributed by atoms with Crippen LogP contribution in [0.5, 0.6) is 0 Å². The lowest BCUT2D eigenvalue weighted by molar-refractivity contribution is -0.131. The van der Waals surface area contributed by atoms with Crippen molar-refractivity contribution < 1.29 is 9.32 Å². The minimum Gasteiger partial charge on any atom is -0.343 e. The highest BCUT2D eigenvalue weighted by Gasteiger charge is 2.15. The van der Waals surface area contributed by atoms with Gasteiger partial charge in [-0.25, -0.2) is 0 Å². The molecular formula is C20H29N3O2. The van der Waals surface area contributed by atoms with Crippen LogP contribution in [-0.4, -0.2) is 34.0 Å². The normalized spacial score (nSPS) is 11.3. The number of carbonyl (C=O) groups excluding carboxylic acids is 1. The first-order valence-electron chi connectivity index (χ1n) is 9.11. The molecule has 1 heterocycles. The number of rotatable bonds is 8. The Hall–Kier alpha value is -2.17. The van der Waals surface area contributed by atoms with Crippen LogP contribution in [0.1, 0.15) is 58.4 Å². The summed E-state index contributed by atoms with van der Waals surface area (Å²) in [6, 6.07) is 8.20. The quantitative estimate of drug-likeness (QED) is 0.717. The maximum absolute atomic E-state index is 12.3. The first kappa shape index (κ1) is 19.2. The van der Waals surface area contributed by atoms with Crippen molar-refractivity contribution in [3.05, 3.63) is 35.7 Å². The van der Waals surface area contributed by atoms with Gasteiger partial charge in [0.1, 0.15) is 0 Å². The molecule has 1 aromatic heterocycles.